The first kappa shape index (κ1) is 19.1. The molecule has 124 valence electrons. The first-order valence-electron chi connectivity index (χ1n) is 8.80. The first-order valence-corrected chi connectivity index (χ1v) is 8.80. The summed E-state index contributed by atoms with van der Waals surface area (Å²) in [6, 6.07) is 0. The third-order valence-corrected chi connectivity index (χ3v) is 5.51. The van der Waals surface area contributed by atoms with Crippen LogP contribution in [0.2, 0.25) is 5.82 Å². The molecule has 2 atom stereocenters. The molecule has 0 saturated heterocycles. The van der Waals surface area contributed by atoms with Crippen LogP contribution in [-0.2, 0) is 4.79 Å². The molecule has 2 nitrogen and oxygen atoms in total. The monoisotopic (exact) mass is 304 g/mol. The molecule has 0 radical (unpaired) electrons. The Morgan fingerprint density at radius 3 is 2.86 bits per heavy atom. The molecule has 0 aromatic heterocycles. The van der Waals surface area contributed by atoms with E-state index >= 15 is 0 Å². The predicted octanol–water partition coefficient (Wildman–Crippen LogP) is 4.77. The van der Waals surface area contributed by atoms with Gasteiger partial charge in [0.2, 0.25) is 0 Å². The van der Waals surface area contributed by atoms with Gasteiger partial charge in [0, 0.05) is 6.42 Å². The Morgan fingerprint density at radius 1 is 1.55 bits per heavy atom. The van der Waals surface area contributed by atoms with Crippen molar-refractivity contribution in [2.24, 2.45) is 11.3 Å². The van der Waals surface area contributed by atoms with Crippen molar-refractivity contribution in [2.45, 2.75) is 78.5 Å². The third-order valence-electron chi connectivity index (χ3n) is 5.51. The minimum atomic E-state index is -0.686. The van der Waals surface area contributed by atoms with Crippen LogP contribution in [0.3, 0.4) is 0 Å². The Bertz CT molecular complexity index is 435. The molecule has 0 aliphatic heterocycles. The zero-order valence-electron chi connectivity index (χ0n) is 15.1. The number of aliphatic carboxylic acids is 1. The molecular formula is C19H33BO2. The van der Waals surface area contributed by atoms with Gasteiger partial charge in [0.1, 0.15) is 7.85 Å². The van der Waals surface area contributed by atoms with Gasteiger partial charge in [0.05, 0.1) is 0 Å². The molecule has 0 fully saturated rings. The Morgan fingerprint density at radius 2 is 2.23 bits per heavy atom. The number of carboxylic acid groups (broad SMARTS) is 1. The molecule has 0 saturated carbocycles. The maximum Gasteiger partial charge on any atom is 0.303 e. The molecular weight excluding hydrogens is 271 g/mol. The highest BCUT2D eigenvalue weighted by Crippen LogP contribution is 2.45. The Labute approximate surface area is 137 Å². The number of carboxylic acids is 1. The second kappa shape index (κ2) is 8.60. The molecule has 1 rings (SSSR count). The van der Waals surface area contributed by atoms with Gasteiger partial charge in [-0.2, -0.15) is 0 Å². The van der Waals surface area contributed by atoms with Crippen LogP contribution in [0.1, 0.15) is 72.6 Å². The van der Waals surface area contributed by atoms with E-state index in [9.17, 15) is 4.79 Å². The topological polar surface area (TPSA) is 37.3 Å². The summed E-state index contributed by atoms with van der Waals surface area (Å²) in [6.07, 6.45) is 11.9. The van der Waals surface area contributed by atoms with Gasteiger partial charge in [-0.05, 0) is 50.4 Å². The van der Waals surface area contributed by atoms with Crippen molar-refractivity contribution < 1.29 is 9.90 Å². The lowest BCUT2D eigenvalue weighted by atomic mass is 9.58. The summed E-state index contributed by atoms with van der Waals surface area (Å²) in [5, 5.41) is 8.77. The van der Waals surface area contributed by atoms with Crippen LogP contribution in [0.15, 0.2) is 23.3 Å². The van der Waals surface area contributed by atoms with Crippen LogP contribution in [0.5, 0.6) is 0 Å². The van der Waals surface area contributed by atoms with E-state index in [0.29, 0.717) is 5.41 Å². The van der Waals surface area contributed by atoms with Crippen molar-refractivity contribution in [3.63, 3.8) is 0 Å². The molecule has 0 amide bonds. The summed E-state index contributed by atoms with van der Waals surface area (Å²) in [5.41, 5.74) is 3.41. The van der Waals surface area contributed by atoms with Gasteiger partial charge in [-0.3, -0.25) is 4.79 Å². The predicted molar refractivity (Wildman–Crippen MR) is 97.0 cm³/mol. The van der Waals surface area contributed by atoms with Gasteiger partial charge < -0.3 is 5.11 Å². The van der Waals surface area contributed by atoms with Crippen LogP contribution in [0.25, 0.3) is 0 Å². The van der Waals surface area contributed by atoms with E-state index in [4.69, 9.17) is 5.11 Å². The highest BCUT2D eigenvalue weighted by Gasteiger charge is 2.31. The Balaban J connectivity index is 2.39. The normalized spacial score (nSPS) is 23.0. The van der Waals surface area contributed by atoms with Gasteiger partial charge in [-0.1, -0.05) is 56.3 Å². The van der Waals surface area contributed by atoms with E-state index in [1.807, 2.05) is 6.92 Å². The molecule has 0 spiro atoms. The molecule has 1 aliphatic rings. The summed E-state index contributed by atoms with van der Waals surface area (Å²) >= 11 is 0. The molecule has 22 heavy (non-hydrogen) atoms. The zero-order valence-corrected chi connectivity index (χ0v) is 15.1. The van der Waals surface area contributed by atoms with Gasteiger partial charge in [-0.25, -0.2) is 0 Å². The molecule has 1 N–H and O–H groups in total. The van der Waals surface area contributed by atoms with Crippen molar-refractivity contribution in [1.82, 2.24) is 0 Å². The number of hydrogen-bond donors (Lipinski definition) is 1. The molecule has 1 aliphatic carbocycles. The van der Waals surface area contributed by atoms with Crippen LogP contribution >= 0.6 is 0 Å². The lowest BCUT2D eigenvalue weighted by molar-refractivity contribution is -0.138. The minimum Gasteiger partial charge on any atom is -0.481 e. The van der Waals surface area contributed by atoms with Gasteiger partial charge in [0.15, 0.2) is 0 Å². The fraction of sp³-hybridized carbons (Fsp3) is 0.737. The van der Waals surface area contributed by atoms with E-state index in [1.54, 1.807) is 5.57 Å². The Hall–Kier alpha value is -0.985. The lowest BCUT2D eigenvalue weighted by Crippen LogP contribution is -2.25. The number of allylic oxidation sites excluding steroid dienone is 4. The van der Waals surface area contributed by atoms with E-state index < -0.39 is 5.97 Å². The Kier molecular flexibility index (Phi) is 7.45. The van der Waals surface area contributed by atoms with E-state index in [1.165, 1.54) is 24.8 Å². The average Bonchev–Trinajstić information content (AvgIpc) is 2.39. The summed E-state index contributed by atoms with van der Waals surface area (Å²) < 4.78 is 0. The van der Waals surface area contributed by atoms with E-state index in [2.05, 4.69) is 40.8 Å². The van der Waals surface area contributed by atoms with Crippen LogP contribution < -0.4 is 0 Å². The summed E-state index contributed by atoms with van der Waals surface area (Å²) in [6.45, 7) is 9.00. The fourth-order valence-electron chi connectivity index (χ4n) is 3.32. The van der Waals surface area contributed by atoms with Gasteiger partial charge >= 0.3 is 5.97 Å². The second-order valence-electron chi connectivity index (χ2n) is 7.76. The summed E-state index contributed by atoms with van der Waals surface area (Å²) in [5.74, 6) is 0.352. The zero-order chi connectivity index (χ0) is 16.8. The van der Waals surface area contributed by atoms with Crippen LogP contribution in [0, 0.1) is 11.3 Å². The van der Waals surface area contributed by atoms with Crippen molar-refractivity contribution in [1.29, 1.82) is 0 Å². The maximum absolute atomic E-state index is 10.7. The van der Waals surface area contributed by atoms with Crippen molar-refractivity contribution >= 4 is 13.8 Å². The fourth-order valence-corrected chi connectivity index (χ4v) is 3.32. The van der Waals surface area contributed by atoms with Crippen molar-refractivity contribution in [2.75, 3.05) is 0 Å². The highest BCUT2D eigenvalue weighted by molar-refractivity contribution is 6.12. The molecule has 1 unspecified atom stereocenters. The highest BCUT2D eigenvalue weighted by atomic mass is 16.4. The molecule has 3 heteroatoms. The number of carbonyl (C=O) groups is 1. The average molecular weight is 304 g/mol. The summed E-state index contributed by atoms with van der Waals surface area (Å²) in [4.78, 5) is 10.7. The molecule has 0 aromatic carbocycles. The lowest BCUT2D eigenvalue weighted by Gasteiger charge is -2.38. The SMILES string of the molecule is B[C@H]1CCC=C(CC/C(C)=C/CCC(C)CC(=O)O)C1(C)C. The minimum absolute atomic E-state index is 0.266. The maximum atomic E-state index is 10.7. The van der Waals surface area contributed by atoms with Gasteiger partial charge in [-0.15, -0.1) is 0 Å². The number of rotatable bonds is 8. The molecule has 0 bridgehead atoms. The van der Waals surface area contributed by atoms with E-state index in [0.717, 1.165) is 25.1 Å². The molecule has 0 heterocycles. The van der Waals surface area contributed by atoms with Crippen molar-refractivity contribution in [3.8, 4) is 0 Å². The quantitative estimate of drug-likeness (QED) is 0.518. The standard InChI is InChI=1S/C19H33BO2/c1-14(7-5-8-15(2)13-18(21)22)11-12-16-9-6-10-17(20)19(16,3)4/h7,9,15,17H,5-6,8,10-13,20H2,1-4H3,(H,21,22)/b14-7+/t15?,17-/m0/s1. The first-order chi connectivity index (χ1) is 10.2. The summed E-state index contributed by atoms with van der Waals surface area (Å²) in [7, 11) is 2.37. The van der Waals surface area contributed by atoms with Crippen LogP contribution in [0.4, 0.5) is 0 Å². The molecule has 0 aromatic rings. The number of hydrogen-bond acceptors (Lipinski definition) is 1. The van der Waals surface area contributed by atoms with Crippen molar-refractivity contribution in [3.05, 3.63) is 23.3 Å². The largest absolute Gasteiger partial charge is 0.481 e. The van der Waals surface area contributed by atoms with Crippen LogP contribution in [-0.4, -0.2) is 18.9 Å². The smallest absolute Gasteiger partial charge is 0.303 e. The third kappa shape index (κ3) is 6.02. The van der Waals surface area contributed by atoms with E-state index in [-0.39, 0.29) is 12.3 Å². The van der Waals surface area contributed by atoms with Gasteiger partial charge in [0.25, 0.3) is 0 Å². The second-order valence-corrected chi connectivity index (χ2v) is 7.76.